The van der Waals surface area contributed by atoms with Crippen LogP contribution in [0.25, 0.3) is 0 Å². The highest BCUT2D eigenvalue weighted by atomic mass is 35.5. The number of thioether (sulfide) groups is 1. The molecular weight excluding hydrogens is 302 g/mol. The Morgan fingerprint density at radius 2 is 1.95 bits per heavy atom. The molecule has 0 aliphatic heterocycles. The molecule has 0 bridgehead atoms. The van der Waals surface area contributed by atoms with Crippen molar-refractivity contribution in [1.29, 1.82) is 0 Å². The summed E-state index contributed by atoms with van der Waals surface area (Å²) < 4.78 is 0. The highest BCUT2D eigenvalue weighted by Gasteiger charge is 2.38. The molecule has 4 heteroatoms. The first-order valence-corrected chi connectivity index (χ1v) is 8.57. The molecule has 1 fully saturated rings. The van der Waals surface area contributed by atoms with Gasteiger partial charge in [0.2, 0.25) is 0 Å². The first-order valence-electron chi connectivity index (χ1n) is 7.69. The second-order valence-electron chi connectivity index (χ2n) is 6.18. The molecule has 2 atom stereocenters. The summed E-state index contributed by atoms with van der Waals surface area (Å²) in [4.78, 5) is 3.48. The maximum absolute atomic E-state index is 11.1. The minimum Gasteiger partial charge on any atom is -0.389 e. The standard InChI is InChI=1S/C17H27NOS.ClH/c1-18(2)14-8-13-17(19)12-7-6-11-16(17)20-15-9-4-3-5-10-15;/h3-5,9-10,16,19H,6-8,11-14H2,1-2H3;1H. The van der Waals surface area contributed by atoms with E-state index in [1.165, 1.54) is 17.7 Å². The van der Waals surface area contributed by atoms with Crippen LogP contribution in [0, 0.1) is 0 Å². The van der Waals surface area contributed by atoms with Gasteiger partial charge in [0.05, 0.1) is 5.60 Å². The summed E-state index contributed by atoms with van der Waals surface area (Å²) in [7, 11) is 4.20. The molecular formula is C17H28ClNOS. The smallest absolute Gasteiger partial charge is 0.0769 e. The van der Waals surface area contributed by atoms with Crippen LogP contribution in [0.1, 0.15) is 38.5 Å². The lowest BCUT2D eigenvalue weighted by molar-refractivity contribution is -0.000181. The van der Waals surface area contributed by atoms with Crippen LogP contribution in [0.2, 0.25) is 0 Å². The number of rotatable bonds is 6. The van der Waals surface area contributed by atoms with Gasteiger partial charge in [-0.1, -0.05) is 31.0 Å². The third kappa shape index (κ3) is 5.82. The van der Waals surface area contributed by atoms with Gasteiger partial charge in [-0.3, -0.25) is 0 Å². The summed E-state index contributed by atoms with van der Waals surface area (Å²) >= 11 is 1.87. The second-order valence-corrected chi connectivity index (χ2v) is 7.45. The highest BCUT2D eigenvalue weighted by molar-refractivity contribution is 8.00. The average Bonchev–Trinajstić information content (AvgIpc) is 2.42. The van der Waals surface area contributed by atoms with E-state index in [0.29, 0.717) is 5.25 Å². The van der Waals surface area contributed by atoms with Gasteiger partial charge in [-0.25, -0.2) is 0 Å². The van der Waals surface area contributed by atoms with Gasteiger partial charge in [0, 0.05) is 10.1 Å². The Morgan fingerprint density at radius 3 is 2.62 bits per heavy atom. The molecule has 0 radical (unpaired) electrons. The lowest BCUT2D eigenvalue weighted by Gasteiger charge is -2.40. The normalized spacial score (nSPS) is 25.6. The summed E-state index contributed by atoms with van der Waals surface area (Å²) in [6.45, 7) is 1.06. The average molecular weight is 330 g/mol. The Hall–Kier alpha value is -0.220. The van der Waals surface area contributed by atoms with Crippen LogP contribution in [-0.4, -0.2) is 41.5 Å². The molecule has 0 amide bonds. The number of aliphatic hydroxyl groups is 1. The van der Waals surface area contributed by atoms with Gasteiger partial charge in [-0.15, -0.1) is 24.2 Å². The molecule has 0 saturated heterocycles. The molecule has 2 unspecified atom stereocenters. The molecule has 1 N–H and O–H groups in total. The molecule has 2 nitrogen and oxygen atoms in total. The summed E-state index contributed by atoms with van der Waals surface area (Å²) in [5.41, 5.74) is -0.477. The van der Waals surface area contributed by atoms with Crippen LogP contribution in [0.4, 0.5) is 0 Å². The first kappa shape index (κ1) is 18.8. The molecule has 1 aliphatic rings. The third-order valence-corrected chi connectivity index (χ3v) is 5.67. The maximum atomic E-state index is 11.1. The minimum absolute atomic E-state index is 0. The summed E-state index contributed by atoms with van der Waals surface area (Å²) in [5.74, 6) is 0. The van der Waals surface area contributed by atoms with Crippen LogP contribution in [0.3, 0.4) is 0 Å². The minimum atomic E-state index is -0.477. The van der Waals surface area contributed by atoms with Crippen LogP contribution in [0.5, 0.6) is 0 Å². The van der Waals surface area contributed by atoms with Gasteiger partial charge in [-0.2, -0.15) is 0 Å². The van der Waals surface area contributed by atoms with E-state index in [0.717, 1.165) is 32.2 Å². The molecule has 120 valence electrons. The van der Waals surface area contributed by atoms with Gasteiger partial charge in [-0.05, 0) is 58.5 Å². The number of hydrogen-bond acceptors (Lipinski definition) is 3. The van der Waals surface area contributed by atoms with Crippen molar-refractivity contribution in [1.82, 2.24) is 4.90 Å². The zero-order valence-electron chi connectivity index (χ0n) is 13.1. The fraction of sp³-hybridized carbons (Fsp3) is 0.647. The molecule has 1 aliphatic carbocycles. The van der Waals surface area contributed by atoms with Gasteiger partial charge in [0.25, 0.3) is 0 Å². The lowest BCUT2D eigenvalue weighted by atomic mass is 9.81. The zero-order valence-corrected chi connectivity index (χ0v) is 14.8. The van der Waals surface area contributed by atoms with Crippen molar-refractivity contribution in [3.05, 3.63) is 30.3 Å². The van der Waals surface area contributed by atoms with Crippen LogP contribution in [0.15, 0.2) is 35.2 Å². The second kappa shape index (κ2) is 9.04. The van der Waals surface area contributed by atoms with Crippen molar-refractivity contribution in [3.8, 4) is 0 Å². The molecule has 0 aromatic heterocycles. The molecule has 1 aromatic rings. The van der Waals surface area contributed by atoms with E-state index in [2.05, 4.69) is 43.3 Å². The van der Waals surface area contributed by atoms with E-state index in [-0.39, 0.29) is 12.4 Å². The highest BCUT2D eigenvalue weighted by Crippen LogP contribution is 2.42. The number of halogens is 1. The molecule has 21 heavy (non-hydrogen) atoms. The van der Waals surface area contributed by atoms with E-state index < -0.39 is 5.60 Å². The molecule has 2 rings (SSSR count). The van der Waals surface area contributed by atoms with Crippen molar-refractivity contribution < 1.29 is 5.11 Å². The van der Waals surface area contributed by atoms with E-state index in [1.807, 2.05) is 17.8 Å². The maximum Gasteiger partial charge on any atom is 0.0769 e. The Morgan fingerprint density at radius 1 is 1.24 bits per heavy atom. The van der Waals surface area contributed by atoms with E-state index >= 15 is 0 Å². The van der Waals surface area contributed by atoms with Gasteiger partial charge < -0.3 is 10.0 Å². The van der Waals surface area contributed by atoms with Crippen molar-refractivity contribution in [2.75, 3.05) is 20.6 Å². The van der Waals surface area contributed by atoms with Crippen LogP contribution in [-0.2, 0) is 0 Å². The quantitative estimate of drug-likeness (QED) is 0.845. The fourth-order valence-electron chi connectivity index (χ4n) is 3.01. The number of benzene rings is 1. The fourth-order valence-corrected chi connectivity index (χ4v) is 4.39. The summed E-state index contributed by atoms with van der Waals surface area (Å²) in [5, 5.41) is 11.4. The largest absolute Gasteiger partial charge is 0.389 e. The van der Waals surface area contributed by atoms with Gasteiger partial charge in [0.15, 0.2) is 0 Å². The monoisotopic (exact) mass is 329 g/mol. The molecule has 1 saturated carbocycles. The van der Waals surface area contributed by atoms with Crippen molar-refractivity contribution in [3.63, 3.8) is 0 Å². The lowest BCUT2D eigenvalue weighted by Crippen LogP contribution is -2.43. The zero-order chi connectivity index (χ0) is 14.4. The number of hydrogen-bond donors (Lipinski definition) is 1. The summed E-state index contributed by atoms with van der Waals surface area (Å²) in [6.07, 6.45) is 6.53. The SMILES string of the molecule is CN(C)CCCC1(O)CCCCC1Sc1ccccc1.Cl. The van der Waals surface area contributed by atoms with Crippen LogP contribution < -0.4 is 0 Å². The third-order valence-electron chi connectivity index (χ3n) is 4.16. The van der Waals surface area contributed by atoms with Gasteiger partial charge >= 0.3 is 0 Å². The first-order chi connectivity index (χ1) is 9.60. The topological polar surface area (TPSA) is 23.5 Å². The van der Waals surface area contributed by atoms with Crippen molar-refractivity contribution in [2.45, 2.75) is 54.3 Å². The van der Waals surface area contributed by atoms with Crippen molar-refractivity contribution >= 4 is 24.2 Å². The Kier molecular flexibility index (Phi) is 8.10. The Bertz CT molecular complexity index is 401. The Balaban J connectivity index is 0.00000220. The van der Waals surface area contributed by atoms with Crippen molar-refractivity contribution in [2.24, 2.45) is 0 Å². The van der Waals surface area contributed by atoms with Gasteiger partial charge in [0.1, 0.15) is 0 Å². The van der Waals surface area contributed by atoms with E-state index in [1.54, 1.807) is 0 Å². The number of nitrogens with zero attached hydrogens (tertiary/aromatic N) is 1. The predicted molar refractivity (Wildman–Crippen MR) is 94.5 cm³/mol. The molecule has 0 spiro atoms. The predicted octanol–water partition coefficient (Wildman–Crippen LogP) is 4.22. The summed E-state index contributed by atoms with van der Waals surface area (Å²) in [6, 6.07) is 10.5. The van der Waals surface area contributed by atoms with Crippen LogP contribution >= 0.6 is 24.2 Å². The van der Waals surface area contributed by atoms with E-state index in [4.69, 9.17) is 0 Å². The van der Waals surface area contributed by atoms with E-state index in [9.17, 15) is 5.11 Å². The molecule has 0 heterocycles. The Labute approximate surface area is 139 Å². The molecule has 1 aromatic carbocycles.